The molecule has 0 N–H and O–H groups in total. The third kappa shape index (κ3) is 7.70. The molecule has 138 valence electrons. The second-order valence-corrected chi connectivity index (χ2v) is 8.35. The predicted molar refractivity (Wildman–Crippen MR) is 104 cm³/mol. The van der Waals surface area contributed by atoms with E-state index in [1.165, 1.54) is 12.0 Å². The van der Waals surface area contributed by atoms with Crippen molar-refractivity contribution in [3.05, 3.63) is 29.8 Å². The predicted octanol–water partition coefficient (Wildman–Crippen LogP) is 6.62. The Labute approximate surface area is 149 Å². The third-order valence-electron chi connectivity index (χ3n) is 4.27. The Morgan fingerprint density at radius 3 is 2.04 bits per heavy atom. The molecule has 24 heavy (non-hydrogen) atoms. The Kier molecular flexibility index (Phi) is 8.83. The minimum Gasteiger partial charge on any atom is -0.464 e. The van der Waals surface area contributed by atoms with Crippen molar-refractivity contribution in [1.29, 1.82) is 0 Å². The van der Waals surface area contributed by atoms with Crippen LogP contribution in [0.5, 0.6) is 5.75 Å². The van der Waals surface area contributed by atoms with E-state index in [1.54, 1.807) is 0 Å². The van der Waals surface area contributed by atoms with Crippen molar-refractivity contribution in [3.8, 4) is 5.75 Å². The highest BCUT2D eigenvalue weighted by molar-refractivity contribution is 5.27. The van der Waals surface area contributed by atoms with Gasteiger partial charge in [-0.25, -0.2) is 0 Å². The zero-order valence-corrected chi connectivity index (χ0v) is 16.9. The van der Waals surface area contributed by atoms with Crippen LogP contribution in [0.15, 0.2) is 24.3 Å². The lowest BCUT2D eigenvalue weighted by Gasteiger charge is -2.34. The molecule has 2 atom stereocenters. The molecule has 1 aromatic rings. The molecule has 1 aromatic carbocycles. The third-order valence-corrected chi connectivity index (χ3v) is 4.27. The summed E-state index contributed by atoms with van der Waals surface area (Å²) >= 11 is 0. The Balaban J connectivity index is 2.72. The summed E-state index contributed by atoms with van der Waals surface area (Å²) in [4.78, 5) is 0. The molecule has 2 nitrogen and oxygen atoms in total. The maximum absolute atomic E-state index is 6.30. The van der Waals surface area contributed by atoms with Crippen LogP contribution in [0.1, 0.15) is 79.7 Å². The Morgan fingerprint density at radius 1 is 0.958 bits per heavy atom. The summed E-state index contributed by atoms with van der Waals surface area (Å²) in [5.74, 6) is 1.64. The first-order valence-electron chi connectivity index (χ1n) is 9.67. The quantitative estimate of drug-likeness (QED) is 0.447. The van der Waals surface area contributed by atoms with Crippen molar-refractivity contribution in [2.75, 3.05) is 0 Å². The monoisotopic (exact) mass is 334 g/mol. The molecule has 0 amide bonds. The van der Waals surface area contributed by atoms with Crippen molar-refractivity contribution in [2.24, 2.45) is 11.3 Å². The lowest BCUT2D eigenvalue weighted by molar-refractivity contribution is -0.173. The second kappa shape index (κ2) is 10.1. The SMILES string of the molecule is CCCC(CC)OC(Oc1ccc(CCC(C)C)cc1)C(C)(C)C. The van der Waals surface area contributed by atoms with Gasteiger partial charge in [-0.2, -0.15) is 0 Å². The molecule has 0 spiro atoms. The van der Waals surface area contributed by atoms with E-state index in [0.717, 1.165) is 37.4 Å². The Bertz CT molecular complexity index is 442. The molecule has 0 aromatic heterocycles. The first kappa shape index (κ1) is 21.0. The number of aryl methyl sites for hydroxylation is 1. The molecule has 2 unspecified atom stereocenters. The molecule has 0 aliphatic heterocycles. The lowest BCUT2D eigenvalue weighted by atomic mass is 9.95. The van der Waals surface area contributed by atoms with Crippen molar-refractivity contribution < 1.29 is 9.47 Å². The summed E-state index contributed by atoms with van der Waals surface area (Å²) in [5, 5.41) is 0. The van der Waals surface area contributed by atoms with Crippen molar-refractivity contribution in [3.63, 3.8) is 0 Å². The van der Waals surface area contributed by atoms with Crippen LogP contribution in [0.25, 0.3) is 0 Å². The van der Waals surface area contributed by atoms with E-state index in [4.69, 9.17) is 9.47 Å². The maximum Gasteiger partial charge on any atom is 0.204 e. The Morgan fingerprint density at radius 2 is 1.58 bits per heavy atom. The van der Waals surface area contributed by atoms with Gasteiger partial charge in [0.15, 0.2) is 0 Å². The van der Waals surface area contributed by atoms with Gasteiger partial charge in [0.05, 0.1) is 6.10 Å². The van der Waals surface area contributed by atoms with Crippen LogP contribution in [0.3, 0.4) is 0 Å². The van der Waals surface area contributed by atoms with Crippen LogP contribution in [0, 0.1) is 11.3 Å². The lowest BCUT2D eigenvalue weighted by Crippen LogP contribution is -2.38. The molecule has 0 bridgehead atoms. The number of hydrogen-bond acceptors (Lipinski definition) is 2. The molecular weight excluding hydrogens is 296 g/mol. The average molecular weight is 335 g/mol. The molecule has 1 rings (SSSR count). The molecule has 0 radical (unpaired) electrons. The highest BCUT2D eigenvalue weighted by Crippen LogP contribution is 2.28. The van der Waals surface area contributed by atoms with Crippen LogP contribution < -0.4 is 4.74 Å². The highest BCUT2D eigenvalue weighted by Gasteiger charge is 2.29. The van der Waals surface area contributed by atoms with Gasteiger partial charge >= 0.3 is 0 Å². The van der Waals surface area contributed by atoms with Gasteiger partial charge in [0.2, 0.25) is 6.29 Å². The molecule has 0 aliphatic rings. The number of rotatable bonds is 10. The van der Waals surface area contributed by atoms with Crippen LogP contribution in [-0.2, 0) is 11.2 Å². The largest absolute Gasteiger partial charge is 0.464 e. The maximum atomic E-state index is 6.30. The van der Waals surface area contributed by atoms with Gasteiger partial charge in [0.1, 0.15) is 5.75 Å². The minimum absolute atomic E-state index is 0.0581. The summed E-state index contributed by atoms with van der Waals surface area (Å²) in [6, 6.07) is 8.53. The first-order valence-corrected chi connectivity index (χ1v) is 9.67. The topological polar surface area (TPSA) is 18.5 Å². The van der Waals surface area contributed by atoms with Crippen LogP contribution >= 0.6 is 0 Å². The molecule has 0 aliphatic carbocycles. The fourth-order valence-corrected chi connectivity index (χ4v) is 2.59. The molecule has 0 heterocycles. The molecule has 0 fully saturated rings. The van der Waals surface area contributed by atoms with Gasteiger partial charge in [-0.3, -0.25) is 0 Å². The van der Waals surface area contributed by atoms with Crippen LogP contribution in [-0.4, -0.2) is 12.4 Å². The van der Waals surface area contributed by atoms with Gasteiger partial charge in [-0.1, -0.05) is 67.0 Å². The standard InChI is InChI=1S/C22H38O2/c1-8-10-19(9-2)23-21(22(5,6)7)24-20-15-13-18(14-16-20)12-11-17(3)4/h13-17,19,21H,8-12H2,1-7H3. The Hall–Kier alpha value is -1.02. The van der Waals surface area contributed by atoms with E-state index < -0.39 is 0 Å². The summed E-state index contributed by atoms with van der Waals surface area (Å²) in [6.07, 6.45) is 5.65. The van der Waals surface area contributed by atoms with Crippen molar-refractivity contribution >= 4 is 0 Å². The second-order valence-electron chi connectivity index (χ2n) is 8.35. The summed E-state index contributed by atoms with van der Waals surface area (Å²) in [5.41, 5.74) is 1.32. The van der Waals surface area contributed by atoms with E-state index in [0.29, 0.717) is 0 Å². The summed E-state index contributed by atoms with van der Waals surface area (Å²) in [7, 11) is 0. The number of ether oxygens (including phenoxy) is 2. The highest BCUT2D eigenvalue weighted by atomic mass is 16.7. The minimum atomic E-state index is -0.226. The summed E-state index contributed by atoms with van der Waals surface area (Å²) < 4.78 is 12.5. The number of hydrogen-bond donors (Lipinski definition) is 0. The van der Waals surface area contributed by atoms with Crippen molar-refractivity contribution in [2.45, 2.75) is 93.0 Å². The first-order chi connectivity index (χ1) is 11.3. The van der Waals surface area contributed by atoms with E-state index in [9.17, 15) is 0 Å². The van der Waals surface area contributed by atoms with E-state index in [1.807, 2.05) is 0 Å². The van der Waals surface area contributed by atoms with E-state index in [2.05, 4.69) is 72.7 Å². The zero-order valence-electron chi connectivity index (χ0n) is 16.9. The summed E-state index contributed by atoms with van der Waals surface area (Å²) in [6.45, 7) is 15.4. The normalized spacial score (nSPS) is 14.7. The van der Waals surface area contributed by atoms with Gasteiger partial charge in [0.25, 0.3) is 0 Å². The van der Waals surface area contributed by atoms with Gasteiger partial charge < -0.3 is 9.47 Å². The van der Waals surface area contributed by atoms with Gasteiger partial charge in [-0.15, -0.1) is 0 Å². The van der Waals surface area contributed by atoms with Crippen molar-refractivity contribution in [1.82, 2.24) is 0 Å². The molecular formula is C22H38O2. The van der Waals surface area contributed by atoms with Crippen LogP contribution in [0.4, 0.5) is 0 Å². The van der Waals surface area contributed by atoms with Gasteiger partial charge in [0, 0.05) is 5.41 Å². The molecule has 0 saturated carbocycles. The zero-order chi connectivity index (χ0) is 18.2. The van der Waals surface area contributed by atoms with E-state index >= 15 is 0 Å². The average Bonchev–Trinajstić information content (AvgIpc) is 2.51. The fraction of sp³-hybridized carbons (Fsp3) is 0.727. The number of benzene rings is 1. The van der Waals surface area contributed by atoms with Gasteiger partial charge in [-0.05, 0) is 49.3 Å². The fourth-order valence-electron chi connectivity index (χ4n) is 2.59. The van der Waals surface area contributed by atoms with Crippen LogP contribution in [0.2, 0.25) is 0 Å². The smallest absolute Gasteiger partial charge is 0.204 e. The van der Waals surface area contributed by atoms with E-state index in [-0.39, 0.29) is 17.8 Å². The molecule has 0 saturated heterocycles. The molecule has 2 heteroatoms.